The molecule has 3 heterocycles. The molecule has 5 rings (SSSR count). The van der Waals surface area contributed by atoms with E-state index in [1.54, 1.807) is 12.4 Å². The third kappa shape index (κ3) is 5.26. The van der Waals surface area contributed by atoms with Crippen molar-refractivity contribution in [2.24, 2.45) is 0 Å². The summed E-state index contributed by atoms with van der Waals surface area (Å²) < 4.78 is 27.2. The largest absolute Gasteiger partial charge is 0.344 e. The summed E-state index contributed by atoms with van der Waals surface area (Å²) in [6.45, 7) is 10.2. The van der Waals surface area contributed by atoms with Crippen LogP contribution in [0.4, 0.5) is 8.78 Å². The molecule has 1 N–H and O–H groups in total. The van der Waals surface area contributed by atoms with Crippen molar-refractivity contribution in [1.82, 2.24) is 24.8 Å². The number of aromatic nitrogens is 3. The van der Waals surface area contributed by atoms with Gasteiger partial charge in [-0.15, -0.1) is 0 Å². The fourth-order valence-electron chi connectivity index (χ4n) is 4.86. The predicted octanol–water partition coefficient (Wildman–Crippen LogP) is 5.53. The third-order valence-electron chi connectivity index (χ3n) is 6.94. The summed E-state index contributed by atoms with van der Waals surface area (Å²) in [5.41, 5.74) is 4.96. The zero-order chi connectivity index (χ0) is 24.4. The molecule has 2 aromatic heterocycles. The SMILES string of the molecule is CC(C)N1CCN(CCCc2cnc3ccc(-c4[nH]cnc4-c4ccc(F)c(F)c4)cc3c2)CC1. The van der Waals surface area contributed by atoms with Crippen molar-refractivity contribution in [3.63, 3.8) is 0 Å². The van der Waals surface area contributed by atoms with Crippen molar-refractivity contribution >= 4 is 10.9 Å². The molecule has 0 spiro atoms. The number of imidazole rings is 1. The molecule has 0 saturated carbocycles. The molecule has 1 aliphatic rings. The first kappa shape index (κ1) is 23.6. The summed E-state index contributed by atoms with van der Waals surface area (Å²) in [6, 6.07) is 12.7. The fourth-order valence-corrected chi connectivity index (χ4v) is 4.86. The molecule has 0 unspecified atom stereocenters. The van der Waals surface area contributed by atoms with Crippen molar-refractivity contribution in [3.05, 3.63) is 72.2 Å². The second kappa shape index (κ2) is 10.2. The normalized spacial score (nSPS) is 15.3. The molecule has 4 aromatic rings. The highest BCUT2D eigenvalue weighted by Gasteiger charge is 2.18. The number of hydrogen-bond acceptors (Lipinski definition) is 4. The molecular weight excluding hydrogens is 444 g/mol. The highest BCUT2D eigenvalue weighted by atomic mass is 19.2. The number of fused-ring (bicyclic) bond motifs is 1. The van der Waals surface area contributed by atoms with Gasteiger partial charge >= 0.3 is 0 Å². The van der Waals surface area contributed by atoms with Gasteiger partial charge in [-0.3, -0.25) is 9.88 Å². The standard InChI is InChI=1S/C28H31F2N5/c1-19(2)35-12-10-34(11-13-35)9-3-4-20-14-23-15-21(6-8-26(23)31-17-20)27-28(33-18-32-27)22-5-7-24(29)25(30)16-22/h5-8,14-19H,3-4,9-13H2,1-2H3,(H,32,33). The van der Waals surface area contributed by atoms with Crippen molar-refractivity contribution in [1.29, 1.82) is 0 Å². The van der Waals surface area contributed by atoms with Crippen LogP contribution in [0.1, 0.15) is 25.8 Å². The molecule has 7 heteroatoms. The molecular formula is C28H31F2N5. The lowest BCUT2D eigenvalue weighted by molar-refractivity contribution is 0.108. The van der Waals surface area contributed by atoms with Crippen LogP contribution in [0, 0.1) is 11.6 Å². The molecule has 0 bridgehead atoms. The van der Waals surface area contributed by atoms with Gasteiger partial charge in [0.2, 0.25) is 0 Å². The van der Waals surface area contributed by atoms with Gasteiger partial charge in [-0.2, -0.15) is 0 Å². The average molecular weight is 476 g/mol. The smallest absolute Gasteiger partial charge is 0.159 e. The predicted molar refractivity (Wildman–Crippen MR) is 136 cm³/mol. The lowest BCUT2D eigenvalue weighted by atomic mass is 10.0. The Bertz CT molecular complexity index is 1310. The highest BCUT2D eigenvalue weighted by molar-refractivity contribution is 5.87. The summed E-state index contributed by atoms with van der Waals surface area (Å²) in [6.07, 6.45) is 5.64. The maximum absolute atomic E-state index is 13.8. The minimum absolute atomic E-state index is 0.529. The van der Waals surface area contributed by atoms with E-state index in [0.717, 1.165) is 73.8 Å². The summed E-state index contributed by atoms with van der Waals surface area (Å²) in [7, 11) is 0. The lowest BCUT2D eigenvalue weighted by Gasteiger charge is -2.36. The average Bonchev–Trinajstić information content (AvgIpc) is 3.36. The number of aryl methyl sites for hydroxylation is 1. The Morgan fingerprint density at radius 1 is 0.914 bits per heavy atom. The molecule has 1 fully saturated rings. The summed E-state index contributed by atoms with van der Waals surface area (Å²) >= 11 is 0. The molecule has 35 heavy (non-hydrogen) atoms. The van der Waals surface area contributed by atoms with Crippen LogP contribution in [-0.2, 0) is 6.42 Å². The van der Waals surface area contributed by atoms with E-state index in [0.29, 0.717) is 17.3 Å². The van der Waals surface area contributed by atoms with E-state index in [1.807, 2.05) is 18.3 Å². The van der Waals surface area contributed by atoms with E-state index in [4.69, 9.17) is 0 Å². The molecule has 182 valence electrons. The number of H-pyrrole nitrogens is 1. The number of nitrogens with one attached hydrogen (secondary N) is 1. The van der Waals surface area contributed by atoms with Crippen molar-refractivity contribution < 1.29 is 8.78 Å². The van der Waals surface area contributed by atoms with E-state index < -0.39 is 11.6 Å². The van der Waals surface area contributed by atoms with Gasteiger partial charge in [0, 0.05) is 54.9 Å². The van der Waals surface area contributed by atoms with Crippen LogP contribution in [0.15, 0.2) is 55.0 Å². The van der Waals surface area contributed by atoms with Crippen LogP contribution in [-0.4, -0.2) is 63.5 Å². The molecule has 5 nitrogen and oxygen atoms in total. The minimum atomic E-state index is -0.884. The number of rotatable bonds is 7. The summed E-state index contributed by atoms with van der Waals surface area (Å²) in [4.78, 5) is 17.3. The maximum atomic E-state index is 13.8. The van der Waals surface area contributed by atoms with Crippen LogP contribution < -0.4 is 0 Å². The van der Waals surface area contributed by atoms with E-state index in [1.165, 1.54) is 11.6 Å². The van der Waals surface area contributed by atoms with Gasteiger partial charge in [-0.25, -0.2) is 13.8 Å². The Morgan fingerprint density at radius 3 is 2.49 bits per heavy atom. The second-order valence-electron chi connectivity index (χ2n) is 9.58. The first-order valence-corrected chi connectivity index (χ1v) is 12.3. The molecule has 1 saturated heterocycles. The second-order valence-corrected chi connectivity index (χ2v) is 9.58. The number of benzene rings is 2. The molecule has 0 aliphatic carbocycles. The molecule has 2 aromatic carbocycles. The van der Waals surface area contributed by atoms with Crippen LogP contribution in [0.3, 0.4) is 0 Å². The molecule has 0 radical (unpaired) electrons. The van der Waals surface area contributed by atoms with Gasteiger partial charge in [-0.05, 0) is 75.2 Å². The number of nitrogens with zero attached hydrogens (tertiary/aromatic N) is 4. The van der Waals surface area contributed by atoms with E-state index in [9.17, 15) is 8.78 Å². The maximum Gasteiger partial charge on any atom is 0.159 e. The Balaban J connectivity index is 1.29. The molecule has 0 atom stereocenters. The van der Waals surface area contributed by atoms with Gasteiger partial charge in [0.25, 0.3) is 0 Å². The number of halogens is 2. The van der Waals surface area contributed by atoms with E-state index >= 15 is 0 Å². The highest BCUT2D eigenvalue weighted by Crippen LogP contribution is 2.31. The quantitative estimate of drug-likeness (QED) is 0.382. The first-order chi connectivity index (χ1) is 17.0. The number of pyridine rings is 1. The van der Waals surface area contributed by atoms with Gasteiger partial charge in [0.05, 0.1) is 23.2 Å². The summed E-state index contributed by atoms with van der Waals surface area (Å²) in [5.74, 6) is -1.75. The number of aromatic amines is 1. The van der Waals surface area contributed by atoms with Crippen LogP contribution >= 0.6 is 0 Å². The Hall–Kier alpha value is -3.16. The monoisotopic (exact) mass is 475 g/mol. The number of piperazine rings is 1. The zero-order valence-corrected chi connectivity index (χ0v) is 20.3. The molecule has 0 amide bonds. The minimum Gasteiger partial charge on any atom is -0.344 e. The van der Waals surface area contributed by atoms with E-state index in [2.05, 4.69) is 50.7 Å². The first-order valence-electron chi connectivity index (χ1n) is 12.3. The summed E-state index contributed by atoms with van der Waals surface area (Å²) in [5, 5.41) is 1.05. The van der Waals surface area contributed by atoms with Crippen LogP contribution in [0.25, 0.3) is 33.4 Å². The Morgan fingerprint density at radius 2 is 1.71 bits per heavy atom. The van der Waals surface area contributed by atoms with Crippen LogP contribution in [0.5, 0.6) is 0 Å². The van der Waals surface area contributed by atoms with Gasteiger partial charge in [-0.1, -0.05) is 6.07 Å². The van der Waals surface area contributed by atoms with Gasteiger partial charge < -0.3 is 9.88 Å². The fraction of sp³-hybridized carbons (Fsp3) is 0.357. The van der Waals surface area contributed by atoms with Crippen LogP contribution in [0.2, 0.25) is 0 Å². The van der Waals surface area contributed by atoms with Gasteiger partial charge in [0.15, 0.2) is 11.6 Å². The Labute approximate surface area is 204 Å². The lowest BCUT2D eigenvalue weighted by Crippen LogP contribution is -2.48. The van der Waals surface area contributed by atoms with Crippen molar-refractivity contribution in [2.45, 2.75) is 32.7 Å². The topological polar surface area (TPSA) is 48.0 Å². The zero-order valence-electron chi connectivity index (χ0n) is 20.3. The van der Waals surface area contributed by atoms with Gasteiger partial charge in [0.1, 0.15) is 0 Å². The van der Waals surface area contributed by atoms with E-state index in [-0.39, 0.29) is 0 Å². The molecule has 1 aliphatic heterocycles. The van der Waals surface area contributed by atoms with Crippen molar-refractivity contribution in [3.8, 4) is 22.5 Å². The third-order valence-corrected chi connectivity index (χ3v) is 6.94. The van der Waals surface area contributed by atoms with Crippen molar-refractivity contribution in [2.75, 3.05) is 32.7 Å². The Kier molecular flexibility index (Phi) is 6.88. The number of hydrogen-bond donors (Lipinski definition) is 1.